The summed E-state index contributed by atoms with van der Waals surface area (Å²) in [5.74, 6) is 0.848. The number of carbonyl (C=O) groups is 1. The Morgan fingerprint density at radius 1 is 1.19 bits per heavy atom. The van der Waals surface area contributed by atoms with Crippen LogP contribution >= 0.6 is 0 Å². The van der Waals surface area contributed by atoms with Crippen molar-refractivity contribution in [1.82, 2.24) is 0 Å². The zero-order valence-corrected chi connectivity index (χ0v) is 12.0. The normalized spacial score (nSPS) is 16.5. The molecular weight excluding hydrogens is 264 g/mol. The van der Waals surface area contributed by atoms with Crippen molar-refractivity contribution < 1.29 is 14.3 Å². The quantitative estimate of drug-likeness (QED) is 0.784. The van der Waals surface area contributed by atoms with Gasteiger partial charge in [0.2, 0.25) is 0 Å². The Labute approximate surface area is 124 Å². The molecule has 1 aliphatic rings. The number of carbonyl (C=O) groups excluding carboxylic acids is 1. The van der Waals surface area contributed by atoms with Crippen LogP contribution in [0.1, 0.15) is 39.6 Å². The van der Waals surface area contributed by atoms with Crippen LogP contribution in [0, 0.1) is 0 Å². The number of aldehydes is 1. The molecule has 0 spiro atoms. The van der Waals surface area contributed by atoms with Gasteiger partial charge in [-0.2, -0.15) is 0 Å². The van der Waals surface area contributed by atoms with Gasteiger partial charge in [-0.05, 0) is 47.7 Å². The van der Waals surface area contributed by atoms with Crippen LogP contribution in [0.3, 0.4) is 0 Å². The van der Waals surface area contributed by atoms with Crippen LogP contribution in [0.5, 0.6) is 5.75 Å². The maximum atomic E-state index is 10.9. The highest BCUT2D eigenvalue weighted by Crippen LogP contribution is 2.35. The maximum absolute atomic E-state index is 10.9. The van der Waals surface area contributed by atoms with E-state index in [1.807, 2.05) is 42.5 Å². The van der Waals surface area contributed by atoms with Crippen molar-refractivity contribution in [3.63, 3.8) is 0 Å². The monoisotopic (exact) mass is 282 g/mol. The molecule has 1 unspecified atom stereocenters. The molecule has 1 atom stereocenters. The SMILES string of the molecule is COc1ccc(COC2CCc3ccc(C=O)cc32)cc1. The van der Waals surface area contributed by atoms with E-state index in [0.717, 1.165) is 36.0 Å². The van der Waals surface area contributed by atoms with Crippen molar-refractivity contribution in [2.75, 3.05) is 7.11 Å². The van der Waals surface area contributed by atoms with Gasteiger partial charge in [-0.1, -0.05) is 24.3 Å². The Hall–Kier alpha value is -2.13. The summed E-state index contributed by atoms with van der Waals surface area (Å²) >= 11 is 0. The van der Waals surface area contributed by atoms with Gasteiger partial charge in [0.1, 0.15) is 12.0 Å². The second kappa shape index (κ2) is 6.10. The van der Waals surface area contributed by atoms with E-state index in [2.05, 4.69) is 0 Å². The molecule has 0 bridgehead atoms. The molecule has 3 nitrogen and oxygen atoms in total. The fraction of sp³-hybridized carbons (Fsp3) is 0.278. The van der Waals surface area contributed by atoms with E-state index in [4.69, 9.17) is 9.47 Å². The summed E-state index contributed by atoms with van der Waals surface area (Å²) in [4.78, 5) is 10.9. The highest BCUT2D eigenvalue weighted by molar-refractivity contribution is 5.75. The Morgan fingerprint density at radius 3 is 2.71 bits per heavy atom. The summed E-state index contributed by atoms with van der Waals surface area (Å²) < 4.78 is 11.2. The van der Waals surface area contributed by atoms with Gasteiger partial charge in [-0.15, -0.1) is 0 Å². The third kappa shape index (κ3) is 2.98. The molecule has 3 heteroatoms. The van der Waals surface area contributed by atoms with E-state index < -0.39 is 0 Å². The first-order chi connectivity index (χ1) is 10.3. The molecule has 0 heterocycles. The molecular formula is C18H18O3. The summed E-state index contributed by atoms with van der Waals surface area (Å²) in [5, 5.41) is 0. The van der Waals surface area contributed by atoms with Crippen molar-refractivity contribution in [1.29, 1.82) is 0 Å². The van der Waals surface area contributed by atoms with E-state index >= 15 is 0 Å². The average Bonchev–Trinajstić information content (AvgIpc) is 2.95. The highest BCUT2D eigenvalue weighted by Gasteiger charge is 2.23. The van der Waals surface area contributed by atoms with Gasteiger partial charge in [-0.3, -0.25) is 4.79 Å². The minimum absolute atomic E-state index is 0.0852. The van der Waals surface area contributed by atoms with Crippen LogP contribution in [0.25, 0.3) is 0 Å². The van der Waals surface area contributed by atoms with Crippen LogP contribution in [-0.4, -0.2) is 13.4 Å². The molecule has 0 aliphatic heterocycles. The zero-order valence-electron chi connectivity index (χ0n) is 12.0. The molecule has 0 saturated carbocycles. The van der Waals surface area contributed by atoms with Crippen LogP contribution in [0.2, 0.25) is 0 Å². The zero-order chi connectivity index (χ0) is 14.7. The Morgan fingerprint density at radius 2 is 2.00 bits per heavy atom. The summed E-state index contributed by atoms with van der Waals surface area (Å²) in [6.07, 6.45) is 2.97. The van der Waals surface area contributed by atoms with Gasteiger partial charge < -0.3 is 9.47 Å². The Balaban J connectivity index is 1.68. The van der Waals surface area contributed by atoms with Gasteiger partial charge in [0.15, 0.2) is 0 Å². The fourth-order valence-electron chi connectivity index (χ4n) is 2.75. The first-order valence-electron chi connectivity index (χ1n) is 7.12. The summed E-state index contributed by atoms with van der Waals surface area (Å²) in [5.41, 5.74) is 4.29. The number of benzene rings is 2. The third-order valence-electron chi connectivity index (χ3n) is 3.94. The van der Waals surface area contributed by atoms with Crippen LogP contribution in [-0.2, 0) is 17.8 Å². The third-order valence-corrected chi connectivity index (χ3v) is 3.94. The smallest absolute Gasteiger partial charge is 0.150 e. The van der Waals surface area contributed by atoms with Crippen molar-refractivity contribution in [3.05, 3.63) is 64.7 Å². The first kappa shape index (κ1) is 13.8. The number of hydrogen-bond donors (Lipinski definition) is 0. The fourth-order valence-corrected chi connectivity index (χ4v) is 2.75. The molecule has 1 aliphatic carbocycles. The Kier molecular flexibility index (Phi) is 4.02. The molecule has 0 amide bonds. The average molecular weight is 282 g/mol. The number of methoxy groups -OCH3 is 1. The van der Waals surface area contributed by atoms with Crippen molar-refractivity contribution >= 4 is 6.29 Å². The van der Waals surface area contributed by atoms with Gasteiger partial charge >= 0.3 is 0 Å². The van der Waals surface area contributed by atoms with Gasteiger partial charge in [0, 0.05) is 5.56 Å². The summed E-state index contributed by atoms with van der Waals surface area (Å²) in [6.45, 7) is 0.569. The molecule has 0 fully saturated rings. The molecule has 3 rings (SSSR count). The largest absolute Gasteiger partial charge is 0.497 e. The van der Waals surface area contributed by atoms with Gasteiger partial charge in [0.25, 0.3) is 0 Å². The number of ether oxygens (including phenoxy) is 2. The molecule has 0 radical (unpaired) electrons. The predicted molar refractivity (Wildman–Crippen MR) is 80.7 cm³/mol. The second-order valence-electron chi connectivity index (χ2n) is 5.26. The van der Waals surface area contributed by atoms with E-state index in [1.54, 1.807) is 7.11 Å². The Bertz CT molecular complexity index is 631. The number of hydrogen-bond acceptors (Lipinski definition) is 3. The lowest BCUT2D eigenvalue weighted by atomic mass is 10.1. The van der Waals surface area contributed by atoms with E-state index in [0.29, 0.717) is 12.2 Å². The minimum atomic E-state index is 0.0852. The topological polar surface area (TPSA) is 35.5 Å². The number of aryl methyl sites for hydroxylation is 1. The van der Waals surface area contributed by atoms with E-state index in [9.17, 15) is 4.79 Å². The number of rotatable bonds is 5. The van der Waals surface area contributed by atoms with Crippen molar-refractivity contribution in [3.8, 4) is 5.75 Å². The minimum Gasteiger partial charge on any atom is -0.497 e. The molecule has 0 aromatic heterocycles. The van der Waals surface area contributed by atoms with Gasteiger partial charge in [0.05, 0.1) is 19.8 Å². The van der Waals surface area contributed by atoms with Crippen LogP contribution in [0.15, 0.2) is 42.5 Å². The molecule has 0 saturated heterocycles. The first-order valence-corrected chi connectivity index (χ1v) is 7.12. The molecule has 108 valence electrons. The highest BCUT2D eigenvalue weighted by atomic mass is 16.5. The predicted octanol–water partition coefficient (Wildman–Crippen LogP) is 3.71. The summed E-state index contributed by atoms with van der Waals surface area (Å²) in [7, 11) is 1.66. The summed E-state index contributed by atoms with van der Waals surface area (Å²) in [6, 6.07) is 13.8. The maximum Gasteiger partial charge on any atom is 0.150 e. The lowest BCUT2D eigenvalue weighted by Gasteiger charge is -2.14. The van der Waals surface area contributed by atoms with Crippen LogP contribution in [0.4, 0.5) is 0 Å². The standard InChI is InChI=1S/C18H18O3/c1-20-16-7-3-13(4-8-16)12-21-18-9-6-15-5-2-14(11-19)10-17(15)18/h2-5,7-8,10-11,18H,6,9,12H2,1H3. The van der Waals surface area contributed by atoms with Gasteiger partial charge in [-0.25, -0.2) is 0 Å². The molecule has 21 heavy (non-hydrogen) atoms. The lowest BCUT2D eigenvalue weighted by molar-refractivity contribution is 0.0410. The van der Waals surface area contributed by atoms with E-state index in [1.165, 1.54) is 5.56 Å². The molecule has 0 N–H and O–H groups in total. The van der Waals surface area contributed by atoms with Crippen molar-refractivity contribution in [2.24, 2.45) is 0 Å². The van der Waals surface area contributed by atoms with E-state index in [-0.39, 0.29) is 6.10 Å². The number of fused-ring (bicyclic) bond motifs is 1. The molecule has 2 aromatic rings. The second-order valence-corrected chi connectivity index (χ2v) is 5.26. The van der Waals surface area contributed by atoms with Crippen molar-refractivity contribution in [2.45, 2.75) is 25.6 Å². The molecule has 2 aromatic carbocycles. The van der Waals surface area contributed by atoms with Crippen LogP contribution < -0.4 is 4.74 Å². The lowest BCUT2D eigenvalue weighted by Crippen LogP contribution is -2.01.